The van der Waals surface area contributed by atoms with E-state index in [1.54, 1.807) is 6.07 Å². The predicted molar refractivity (Wildman–Crippen MR) is 108 cm³/mol. The van der Waals surface area contributed by atoms with E-state index in [1.807, 2.05) is 72.8 Å². The van der Waals surface area contributed by atoms with Crippen molar-refractivity contribution in [1.29, 1.82) is 5.26 Å². The summed E-state index contributed by atoms with van der Waals surface area (Å²) in [6, 6.07) is 26.6. The fraction of sp³-hybridized carbons (Fsp3) is 0.0909. The lowest BCUT2D eigenvalue weighted by atomic mass is 10.2. The monoisotopic (exact) mass is 374 g/mol. The maximum absolute atomic E-state index is 12.6. The molecule has 0 aromatic heterocycles. The number of nitriles is 1. The largest absolute Gasteiger partial charge is 0.489 e. The maximum atomic E-state index is 12.6. The zero-order valence-corrected chi connectivity index (χ0v) is 15.4. The van der Waals surface area contributed by atoms with Gasteiger partial charge in [-0.2, -0.15) is 5.26 Å². The van der Waals surface area contributed by atoms with E-state index in [4.69, 9.17) is 10.00 Å². The Morgan fingerprint density at radius 1 is 0.963 bits per heavy atom. The molecule has 0 bridgehead atoms. The molecular formula is C22H18N2O2S. The highest BCUT2D eigenvalue weighted by Crippen LogP contribution is 2.24. The van der Waals surface area contributed by atoms with Crippen LogP contribution in [0.4, 0.5) is 5.69 Å². The third-order valence-electron chi connectivity index (χ3n) is 3.78. The van der Waals surface area contributed by atoms with Gasteiger partial charge in [-0.1, -0.05) is 42.5 Å². The zero-order chi connectivity index (χ0) is 18.9. The number of nitrogens with one attached hydrogen (secondary N) is 1. The normalized spacial score (nSPS) is 10.0. The summed E-state index contributed by atoms with van der Waals surface area (Å²) in [5, 5.41) is 11.6. The number of amides is 1. The Bertz CT molecular complexity index is 935. The van der Waals surface area contributed by atoms with E-state index < -0.39 is 0 Å². The second-order valence-corrected chi connectivity index (χ2v) is 6.71. The average Bonchev–Trinajstić information content (AvgIpc) is 2.72. The van der Waals surface area contributed by atoms with Crippen LogP contribution >= 0.6 is 11.8 Å². The second kappa shape index (κ2) is 9.46. The Balaban J connectivity index is 1.61. The molecule has 3 aromatic carbocycles. The van der Waals surface area contributed by atoms with E-state index in [0.29, 0.717) is 23.6 Å². The smallest absolute Gasteiger partial charge is 0.256 e. The van der Waals surface area contributed by atoms with Gasteiger partial charge in [-0.15, -0.1) is 11.8 Å². The molecule has 0 fully saturated rings. The highest BCUT2D eigenvalue weighted by molar-refractivity contribution is 7.99. The van der Waals surface area contributed by atoms with Gasteiger partial charge in [0.15, 0.2) is 0 Å². The van der Waals surface area contributed by atoms with Crippen LogP contribution in [0.3, 0.4) is 0 Å². The zero-order valence-electron chi connectivity index (χ0n) is 14.6. The molecule has 5 heteroatoms. The number of hydrogen-bond donors (Lipinski definition) is 1. The molecule has 0 aliphatic carbocycles. The van der Waals surface area contributed by atoms with Crippen molar-refractivity contribution in [3.8, 4) is 11.8 Å². The SMILES string of the molecule is N#CCSc1ccccc1C(=O)Nc1ccc(OCc2ccccc2)cc1. The van der Waals surface area contributed by atoms with Gasteiger partial charge in [-0.3, -0.25) is 4.79 Å². The van der Waals surface area contributed by atoms with E-state index in [-0.39, 0.29) is 5.91 Å². The number of rotatable bonds is 7. The third kappa shape index (κ3) is 5.37. The molecule has 27 heavy (non-hydrogen) atoms. The summed E-state index contributed by atoms with van der Waals surface area (Å²) >= 11 is 1.35. The number of anilines is 1. The summed E-state index contributed by atoms with van der Waals surface area (Å²) < 4.78 is 5.75. The van der Waals surface area contributed by atoms with Crippen molar-refractivity contribution in [1.82, 2.24) is 0 Å². The fourth-order valence-corrected chi connectivity index (χ4v) is 3.18. The molecule has 0 atom stereocenters. The lowest BCUT2D eigenvalue weighted by Gasteiger charge is -2.10. The minimum atomic E-state index is -0.200. The first-order chi connectivity index (χ1) is 13.3. The molecule has 1 amide bonds. The van der Waals surface area contributed by atoms with Crippen molar-refractivity contribution >= 4 is 23.4 Å². The Morgan fingerprint density at radius 2 is 1.67 bits per heavy atom. The van der Waals surface area contributed by atoms with Crippen LogP contribution in [-0.4, -0.2) is 11.7 Å². The highest BCUT2D eigenvalue weighted by atomic mass is 32.2. The summed E-state index contributed by atoms with van der Waals surface area (Å²) in [7, 11) is 0. The molecule has 0 aliphatic heterocycles. The Morgan fingerprint density at radius 3 is 2.41 bits per heavy atom. The first kappa shape index (κ1) is 18.6. The second-order valence-electron chi connectivity index (χ2n) is 5.70. The van der Waals surface area contributed by atoms with Crippen molar-refractivity contribution in [2.75, 3.05) is 11.1 Å². The standard InChI is InChI=1S/C22H18N2O2S/c23-14-15-27-21-9-5-4-8-20(21)22(25)24-18-10-12-19(13-11-18)26-16-17-6-2-1-3-7-17/h1-13H,15-16H2,(H,24,25). The summed E-state index contributed by atoms with van der Waals surface area (Å²) in [4.78, 5) is 13.3. The van der Waals surface area contributed by atoms with E-state index in [1.165, 1.54) is 11.8 Å². The number of carbonyl (C=O) groups is 1. The lowest BCUT2D eigenvalue weighted by Crippen LogP contribution is -2.13. The van der Waals surface area contributed by atoms with Gasteiger partial charge >= 0.3 is 0 Å². The molecular weight excluding hydrogens is 356 g/mol. The van der Waals surface area contributed by atoms with Crippen LogP contribution in [0.15, 0.2) is 83.8 Å². The first-order valence-corrected chi connectivity index (χ1v) is 9.42. The van der Waals surface area contributed by atoms with Crippen molar-refractivity contribution in [2.24, 2.45) is 0 Å². The molecule has 4 nitrogen and oxygen atoms in total. The fourth-order valence-electron chi connectivity index (χ4n) is 2.46. The topological polar surface area (TPSA) is 62.1 Å². The van der Waals surface area contributed by atoms with E-state index in [2.05, 4.69) is 11.4 Å². The number of ether oxygens (including phenoxy) is 1. The van der Waals surface area contributed by atoms with Gasteiger partial charge in [-0.25, -0.2) is 0 Å². The quantitative estimate of drug-likeness (QED) is 0.582. The summed E-state index contributed by atoms with van der Waals surface area (Å²) in [6.45, 7) is 0.496. The molecule has 0 heterocycles. The first-order valence-electron chi connectivity index (χ1n) is 8.43. The van der Waals surface area contributed by atoms with E-state index in [0.717, 1.165) is 16.2 Å². The summed E-state index contributed by atoms with van der Waals surface area (Å²) in [5.74, 6) is 0.841. The minimum absolute atomic E-state index is 0.200. The molecule has 0 radical (unpaired) electrons. The number of carbonyl (C=O) groups excluding carboxylic acids is 1. The Labute approximate surface area is 162 Å². The number of hydrogen-bond acceptors (Lipinski definition) is 4. The van der Waals surface area contributed by atoms with Gasteiger partial charge in [0.05, 0.1) is 17.4 Å². The van der Waals surface area contributed by atoms with Gasteiger partial charge in [0.1, 0.15) is 12.4 Å². The minimum Gasteiger partial charge on any atom is -0.489 e. The van der Waals surface area contributed by atoms with Crippen LogP contribution in [0.2, 0.25) is 0 Å². The van der Waals surface area contributed by atoms with Crippen molar-refractivity contribution in [2.45, 2.75) is 11.5 Å². The van der Waals surface area contributed by atoms with Crippen LogP contribution in [0.5, 0.6) is 5.75 Å². The van der Waals surface area contributed by atoms with Crippen LogP contribution in [0.25, 0.3) is 0 Å². The van der Waals surface area contributed by atoms with Crippen LogP contribution in [-0.2, 0) is 6.61 Å². The van der Waals surface area contributed by atoms with Gasteiger partial charge in [0.2, 0.25) is 0 Å². The highest BCUT2D eigenvalue weighted by Gasteiger charge is 2.11. The maximum Gasteiger partial charge on any atom is 0.256 e. The van der Waals surface area contributed by atoms with E-state index >= 15 is 0 Å². The van der Waals surface area contributed by atoms with Crippen LogP contribution in [0, 0.1) is 11.3 Å². The molecule has 0 aliphatic rings. The average molecular weight is 374 g/mol. The van der Waals surface area contributed by atoms with Crippen molar-refractivity contribution < 1.29 is 9.53 Å². The van der Waals surface area contributed by atoms with E-state index in [9.17, 15) is 4.79 Å². The predicted octanol–water partition coefficient (Wildman–Crippen LogP) is 5.13. The molecule has 3 rings (SSSR count). The van der Waals surface area contributed by atoms with Gasteiger partial charge in [0.25, 0.3) is 5.91 Å². The number of nitrogens with zero attached hydrogens (tertiary/aromatic N) is 1. The molecule has 3 aromatic rings. The van der Waals surface area contributed by atoms with Gasteiger partial charge < -0.3 is 10.1 Å². The molecule has 134 valence electrons. The van der Waals surface area contributed by atoms with Crippen molar-refractivity contribution in [3.05, 3.63) is 90.0 Å². The molecule has 0 unspecified atom stereocenters. The summed E-state index contributed by atoms with van der Waals surface area (Å²) in [5.41, 5.74) is 2.34. The lowest BCUT2D eigenvalue weighted by molar-refractivity contribution is 0.102. The summed E-state index contributed by atoms with van der Waals surface area (Å²) in [6.07, 6.45) is 0. The van der Waals surface area contributed by atoms with Crippen molar-refractivity contribution in [3.63, 3.8) is 0 Å². The number of thioether (sulfide) groups is 1. The molecule has 0 spiro atoms. The van der Waals surface area contributed by atoms with Crippen LogP contribution in [0.1, 0.15) is 15.9 Å². The Kier molecular flexibility index (Phi) is 6.50. The van der Waals surface area contributed by atoms with Crippen LogP contribution < -0.4 is 10.1 Å². The number of benzene rings is 3. The van der Waals surface area contributed by atoms with Gasteiger partial charge in [0, 0.05) is 10.6 Å². The third-order valence-corrected chi connectivity index (χ3v) is 4.72. The molecule has 0 saturated carbocycles. The molecule has 0 saturated heterocycles. The molecule has 1 N–H and O–H groups in total. The van der Waals surface area contributed by atoms with Gasteiger partial charge in [-0.05, 0) is 42.0 Å². The Hall–Kier alpha value is -3.23.